The van der Waals surface area contributed by atoms with E-state index in [0.717, 1.165) is 22.7 Å². The zero-order valence-electron chi connectivity index (χ0n) is 12.9. The number of amides is 1. The fourth-order valence-electron chi connectivity index (χ4n) is 2.74. The van der Waals surface area contributed by atoms with Crippen molar-refractivity contribution < 1.29 is 4.79 Å². The summed E-state index contributed by atoms with van der Waals surface area (Å²) in [5.74, 6) is 0.0904. The molecule has 1 atom stereocenters. The molecule has 24 heavy (non-hydrogen) atoms. The molecule has 3 aromatic rings. The van der Waals surface area contributed by atoms with Crippen molar-refractivity contribution in [3.8, 4) is 11.3 Å². The van der Waals surface area contributed by atoms with E-state index in [2.05, 4.69) is 22.4 Å². The third kappa shape index (κ3) is 3.23. The Morgan fingerprint density at radius 3 is 2.75 bits per heavy atom. The van der Waals surface area contributed by atoms with E-state index in [1.165, 1.54) is 10.5 Å². The molecule has 0 spiro atoms. The first-order valence-electron chi connectivity index (χ1n) is 7.82. The Morgan fingerprint density at radius 2 is 1.92 bits per heavy atom. The molecule has 0 radical (unpaired) electrons. The molecule has 0 saturated carbocycles. The van der Waals surface area contributed by atoms with E-state index in [-0.39, 0.29) is 11.2 Å². The number of hydrogen-bond donors (Lipinski definition) is 1. The van der Waals surface area contributed by atoms with Gasteiger partial charge in [0.05, 0.1) is 17.5 Å². The lowest BCUT2D eigenvalue weighted by Gasteiger charge is -2.08. The Hall–Kier alpha value is -2.11. The first-order valence-corrected chi connectivity index (χ1v) is 9.57. The second-order valence-corrected chi connectivity index (χ2v) is 7.82. The molecule has 120 valence electrons. The Labute approximate surface area is 149 Å². The predicted molar refractivity (Wildman–Crippen MR) is 99.2 cm³/mol. The number of thiazole rings is 1. The van der Waals surface area contributed by atoms with E-state index in [9.17, 15) is 4.79 Å². The van der Waals surface area contributed by atoms with Crippen molar-refractivity contribution in [1.82, 2.24) is 10.3 Å². The van der Waals surface area contributed by atoms with Crippen LogP contribution in [0, 0.1) is 0 Å². The molecular formula is C19H16N2OS2. The second kappa shape index (κ2) is 6.79. The van der Waals surface area contributed by atoms with Crippen LogP contribution in [-0.2, 0) is 17.8 Å². The molecule has 1 aliphatic heterocycles. The van der Waals surface area contributed by atoms with Gasteiger partial charge in [0.25, 0.3) is 0 Å². The van der Waals surface area contributed by atoms with Gasteiger partial charge in [0.2, 0.25) is 5.91 Å². The molecule has 5 heteroatoms. The van der Waals surface area contributed by atoms with Crippen LogP contribution in [0.25, 0.3) is 11.3 Å². The van der Waals surface area contributed by atoms with Crippen molar-refractivity contribution >= 4 is 29.0 Å². The van der Waals surface area contributed by atoms with Crippen LogP contribution >= 0.6 is 23.1 Å². The molecule has 0 saturated heterocycles. The van der Waals surface area contributed by atoms with Gasteiger partial charge in [-0.1, -0.05) is 48.5 Å². The molecule has 2 aromatic carbocycles. The number of carbonyl (C=O) groups excluding carboxylic acids is 1. The number of hydrogen-bond acceptors (Lipinski definition) is 4. The fraction of sp³-hybridized carbons (Fsp3) is 0.158. The van der Waals surface area contributed by atoms with E-state index in [0.29, 0.717) is 6.54 Å². The van der Waals surface area contributed by atoms with E-state index in [4.69, 9.17) is 0 Å². The van der Waals surface area contributed by atoms with Crippen LogP contribution in [0.3, 0.4) is 0 Å². The highest BCUT2D eigenvalue weighted by molar-refractivity contribution is 8.01. The van der Waals surface area contributed by atoms with E-state index in [1.54, 1.807) is 23.1 Å². The maximum atomic E-state index is 12.4. The maximum Gasteiger partial charge on any atom is 0.234 e. The molecular weight excluding hydrogens is 336 g/mol. The minimum atomic E-state index is -0.0315. The minimum Gasteiger partial charge on any atom is -0.349 e. The molecule has 4 rings (SSSR count). The zero-order valence-corrected chi connectivity index (χ0v) is 14.6. The Balaban J connectivity index is 1.36. The molecule has 2 heterocycles. The van der Waals surface area contributed by atoms with Crippen LogP contribution in [-0.4, -0.2) is 16.1 Å². The number of fused-ring (bicyclic) bond motifs is 1. The van der Waals surface area contributed by atoms with E-state index >= 15 is 0 Å². The summed E-state index contributed by atoms with van der Waals surface area (Å²) < 4.78 is 0. The Kier molecular flexibility index (Phi) is 4.36. The summed E-state index contributed by atoms with van der Waals surface area (Å²) in [7, 11) is 0. The lowest BCUT2D eigenvalue weighted by Crippen LogP contribution is -2.31. The van der Waals surface area contributed by atoms with E-state index < -0.39 is 0 Å². The van der Waals surface area contributed by atoms with Crippen LogP contribution < -0.4 is 5.32 Å². The van der Waals surface area contributed by atoms with Crippen molar-refractivity contribution in [3.05, 3.63) is 70.5 Å². The smallest absolute Gasteiger partial charge is 0.234 e. The normalized spacial score (nSPS) is 15.9. The number of aromatic nitrogens is 1. The first-order chi connectivity index (χ1) is 11.8. The molecule has 0 aliphatic carbocycles. The minimum absolute atomic E-state index is 0.0315. The Bertz CT molecular complexity index is 836. The third-order valence-corrected chi connectivity index (χ3v) is 6.14. The highest BCUT2D eigenvalue weighted by Crippen LogP contribution is 2.36. The molecule has 1 aliphatic rings. The number of thioether (sulfide) groups is 1. The van der Waals surface area contributed by atoms with Crippen LogP contribution in [0.15, 0.2) is 64.9 Å². The molecule has 1 amide bonds. The average Bonchev–Trinajstić information content (AvgIpc) is 3.27. The summed E-state index contributed by atoms with van der Waals surface area (Å²) in [5.41, 5.74) is 3.34. The van der Waals surface area contributed by atoms with Crippen molar-refractivity contribution in [2.45, 2.75) is 23.1 Å². The van der Waals surface area contributed by atoms with Crippen LogP contribution in [0.2, 0.25) is 0 Å². The zero-order chi connectivity index (χ0) is 16.4. The van der Waals surface area contributed by atoms with Crippen molar-refractivity contribution in [2.75, 3.05) is 0 Å². The Morgan fingerprint density at radius 1 is 1.12 bits per heavy atom. The molecule has 1 unspecified atom stereocenters. The first kappa shape index (κ1) is 15.4. The van der Waals surface area contributed by atoms with Gasteiger partial charge in [-0.05, 0) is 18.1 Å². The number of rotatable bonds is 4. The van der Waals surface area contributed by atoms with Crippen LogP contribution in [0.4, 0.5) is 0 Å². The summed E-state index contributed by atoms with van der Waals surface area (Å²) in [5, 5.41) is 5.97. The summed E-state index contributed by atoms with van der Waals surface area (Å²) in [6, 6.07) is 18.3. The summed E-state index contributed by atoms with van der Waals surface area (Å²) in [6.07, 6.45) is 0.805. The second-order valence-electron chi connectivity index (χ2n) is 5.63. The van der Waals surface area contributed by atoms with Crippen LogP contribution in [0.5, 0.6) is 0 Å². The standard InChI is InChI=1S/C19H16N2OS2/c22-19(17-10-14-8-4-5-9-16(14)24-17)20-11-18-21-15(12-23-18)13-6-2-1-3-7-13/h1-9,12,17H,10-11H2,(H,20,22). The summed E-state index contributed by atoms with van der Waals surface area (Å²) >= 11 is 3.24. The quantitative estimate of drug-likeness (QED) is 0.767. The third-order valence-electron chi connectivity index (χ3n) is 3.97. The lowest BCUT2D eigenvalue weighted by atomic mass is 10.1. The van der Waals surface area contributed by atoms with Crippen molar-refractivity contribution in [1.29, 1.82) is 0 Å². The van der Waals surface area contributed by atoms with Gasteiger partial charge >= 0.3 is 0 Å². The van der Waals surface area contributed by atoms with E-state index in [1.807, 2.05) is 47.8 Å². The molecule has 1 N–H and O–H groups in total. The number of benzene rings is 2. The van der Waals surface area contributed by atoms with Crippen LogP contribution in [0.1, 0.15) is 10.6 Å². The predicted octanol–water partition coefficient (Wildman–Crippen LogP) is 4.14. The van der Waals surface area contributed by atoms with Crippen molar-refractivity contribution in [3.63, 3.8) is 0 Å². The number of nitrogens with zero attached hydrogens (tertiary/aromatic N) is 1. The highest BCUT2D eigenvalue weighted by Gasteiger charge is 2.27. The SMILES string of the molecule is O=C(NCc1nc(-c2ccccc2)cs1)C1Cc2ccccc2S1. The van der Waals surface area contributed by atoms with Gasteiger partial charge in [-0.15, -0.1) is 23.1 Å². The number of carbonyl (C=O) groups is 1. The molecule has 0 fully saturated rings. The van der Waals surface area contributed by atoms with Gasteiger partial charge in [-0.3, -0.25) is 4.79 Å². The highest BCUT2D eigenvalue weighted by atomic mass is 32.2. The van der Waals surface area contributed by atoms with Gasteiger partial charge in [-0.25, -0.2) is 4.98 Å². The lowest BCUT2D eigenvalue weighted by molar-refractivity contribution is -0.120. The summed E-state index contributed by atoms with van der Waals surface area (Å²) in [6.45, 7) is 0.490. The number of nitrogens with one attached hydrogen (secondary N) is 1. The van der Waals surface area contributed by atoms with Gasteiger partial charge in [0, 0.05) is 15.8 Å². The summed E-state index contributed by atoms with van der Waals surface area (Å²) in [4.78, 5) is 18.2. The molecule has 0 bridgehead atoms. The molecule has 1 aromatic heterocycles. The van der Waals surface area contributed by atoms with Gasteiger partial charge < -0.3 is 5.32 Å². The van der Waals surface area contributed by atoms with Gasteiger partial charge in [-0.2, -0.15) is 0 Å². The van der Waals surface area contributed by atoms with Crippen molar-refractivity contribution in [2.24, 2.45) is 0 Å². The average molecular weight is 352 g/mol. The maximum absolute atomic E-state index is 12.4. The largest absolute Gasteiger partial charge is 0.349 e. The molecule has 3 nitrogen and oxygen atoms in total. The van der Waals surface area contributed by atoms with Gasteiger partial charge in [0.1, 0.15) is 5.01 Å². The monoisotopic (exact) mass is 352 g/mol. The fourth-order valence-corrected chi connectivity index (χ4v) is 4.70. The topological polar surface area (TPSA) is 42.0 Å². The van der Waals surface area contributed by atoms with Gasteiger partial charge in [0.15, 0.2) is 0 Å².